The van der Waals surface area contributed by atoms with Gasteiger partial charge in [-0.25, -0.2) is 0 Å². The van der Waals surface area contributed by atoms with Gasteiger partial charge in [0.1, 0.15) is 5.75 Å². The van der Waals surface area contributed by atoms with Crippen LogP contribution in [0.5, 0.6) is 5.75 Å². The quantitative estimate of drug-likeness (QED) is 0.749. The Hall–Kier alpha value is -2.74. The molecule has 0 atom stereocenters. The summed E-state index contributed by atoms with van der Waals surface area (Å²) in [5.41, 5.74) is 5.46. The van der Waals surface area contributed by atoms with Gasteiger partial charge in [-0.05, 0) is 29.3 Å². The van der Waals surface area contributed by atoms with Crippen molar-refractivity contribution < 1.29 is 4.74 Å². The van der Waals surface area contributed by atoms with Gasteiger partial charge in [0.25, 0.3) is 0 Å². The van der Waals surface area contributed by atoms with Crippen LogP contribution in [-0.4, -0.2) is 61.7 Å². The summed E-state index contributed by atoms with van der Waals surface area (Å²) in [6.07, 6.45) is 1.12. The molecule has 150 valence electrons. The molecule has 0 bridgehead atoms. The van der Waals surface area contributed by atoms with Gasteiger partial charge in [-0.1, -0.05) is 48.2 Å². The molecule has 2 aliphatic rings. The highest BCUT2D eigenvalue weighted by Gasteiger charge is 2.27. The summed E-state index contributed by atoms with van der Waals surface area (Å²) in [6, 6.07) is 18.7. The summed E-state index contributed by atoms with van der Waals surface area (Å²) in [5.74, 6) is 7.49. The van der Waals surface area contributed by atoms with Crippen molar-refractivity contribution in [3.05, 3.63) is 77.0 Å². The largest absolute Gasteiger partial charge is 0.497 e. The van der Waals surface area contributed by atoms with Crippen LogP contribution in [0.4, 0.5) is 0 Å². The van der Waals surface area contributed by atoms with Crippen molar-refractivity contribution in [2.24, 2.45) is 0 Å². The van der Waals surface area contributed by atoms with Crippen molar-refractivity contribution in [1.82, 2.24) is 14.7 Å². The van der Waals surface area contributed by atoms with Gasteiger partial charge in [0.15, 0.2) is 0 Å². The topological polar surface area (TPSA) is 19.0 Å². The number of ether oxygens (including phenoxy) is 1. The monoisotopic (exact) mass is 387 g/mol. The number of rotatable bonds is 4. The van der Waals surface area contributed by atoms with Crippen LogP contribution in [0, 0.1) is 11.8 Å². The van der Waals surface area contributed by atoms with E-state index in [9.17, 15) is 0 Å². The smallest absolute Gasteiger partial charge is 0.120 e. The van der Waals surface area contributed by atoms with E-state index in [0.717, 1.165) is 57.1 Å². The minimum Gasteiger partial charge on any atom is -0.497 e. The van der Waals surface area contributed by atoms with Crippen molar-refractivity contribution in [3.63, 3.8) is 0 Å². The maximum atomic E-state index is 5.28. The van der Waals surface area contributed by atoms with Gasteiger partial charge >= 0.3 is 0 Å². The average Bonchev–Trinajstić information content (AvgIpc) is 2.74. The van der Waals surface area contributed by atoms with Gasteiger partial charge in [0.2, 0.25) is 0 Å². The Labute approximate surface area is 174 Å². The lowest BCUT2D eigenvalue weighted by atomic mass is 10.0. The molecule has 2 heterocycles. The Morgan fingerprint density at radius 2 is 1.83 bits per heavy atom. The fourth-order valence-corrected chi connectivity index (χ4v) is 4.23. The van der Waals surface area contributed by atoms with Gasteiger partial charge in [0.05, 0.1) is 20.3 Å². The Morgan fingerprint density at radius 1 is 1.00 bits per heavy atom. The van der Waals surface area contributed by atoms with Crippen molar-refractivity contribution in [3.8, 4) is 17.6 Å². The van der Waals surface area contributed by atoms with E-state index in [0.29, 0.717) is 0 Å². The van der Waals surface area contributed by atoms with Crippen LogP contribution in [0.15, 0.2) is 65.9 Å². The van der Waals surface area contributed by atoms with E-state index in [1.807, 2.05) is 24.3 Å². The first-order valence-corrected chi connectivity index (χ1v) is 10.2. The fraction of sp³-hybridized carbons (Fsp3) is 0.360. The van der Waals surface area contributed by atoms with Crippen LogP contribution < -0.4 is 4.74 Å². The zero-order valence-corrected chi connectivity index (χ0v) is 17.4. The number of methoxy groups -OCH3 is 1. The predicted octanol–water partition coefficient (Wildman–Crippen LogP) is 3.41. The molecule has 0 fully saturated rings. The number of hydrogen-bond acceptors (Lipinski definition) is 4. The highest BCUT2D eigenvalue weighted by molar-refractivity contribution is 5.40. The third-order valence-electron chi connectivity index (χ3n) is 5.63. The molecule has 0 radical (unpaired) electrons. The van der Waals surface area contributed by atoms with Crippen LogP contribution in [0.2, 0.25) is 0 Å². The number of benzene rings is 2. The summed E-state index contributed by atoms with van der Waals surface area (Å²) < 4.78 is 5.28. The minimum absolute atomic E-state index is 0.802. The van der Waals surface area contributed by atoms with E-state index >= 15 is 0 Å². The Morgan fingerprint density at radius 3 is 2.66 bits per heavy atom. The van der Waals surface area contributed by atoms with Gasteiger partial charge in [-0.15, -0.1) is 0 Å². The standard InChI is InChI=1S/C25H29N3O/c1-26-20-28(17-22-8-4-3-5-9-22)19-23-18-27(15-13-25(23)26)14-7-11-21-10-6-12-24(16-21)29-2/h3-6,8-10,12,16H,13-15,17-20H2,1-2H3. The molecule has 2 aromatic rings. The zero-order chi connectivity index (χ0) is 20.1. The average molecular weight is 388 g/mol. The molecule has 0 amide bonds. The SMILES string of the molecule is COc1cccc(C#CCN2CCC3=C(C2)CN(Cc2ccccc2)CN3C)c1. The maximum absolute atomic E-state index is 5.28. The molecule has 0 unspecified atom stereocenters. The second kappa shape index (κ2) is 9.17. The third kappa shape index (κ3) is 5.00. The molecular formula is C25H29N3O. The summed E-state index contributed by atoms with van der Waals surface area (Å²) in [5, 5.41) is 0. The minimum atomic E-state index is 0.802. The molecule has 0 aliphatic carbocycles. The van der Waals surface area contributed by atoms with E-state index in [1.54, 1.807) is 12.7 Å². The van der Waals surface area contributed by atoms with Crippen LogP contribution in [-0.2, 0) is 6.54 Å². The van der Waals surface area contributed by atoms with Crippen LogP contribution in [0.3, 0.4) is 0 Å². The molecule has 4 nitrogen and oxygen atoms in total. The summed E-state index contributed by atoms with van der Waals surface area (Å²) in [7, 11) is 3.92. The molecule has 0 N–H and O–H groups in total. The Bertz CT molecular complexity index is 926. The Kier molecular flexibility index (Phi) is 6.19. The van der Waals surface area contributed by atoms with Crippen LogP contribution in [0.1, 0.15) is 17.5 Å². The third-order valence-corrected chi connectivity index (χ3v) is 5.63. The van der Waals surface area contributed by atoms with E-state index in [1.165, 1.54) is 11.3 Å². The van der Waals surface area contributed by atoms with E-state index < -0.39 is 0 Å². The number of hydrogen-bond donors (Lipinski definition) is 0. The normalized spacial score (nSPS) is 17.5. The summed E-state index contributed by atoms with van der Waals surface area (Å²) in [6.45, 7) is 5.94. The Balaban J connectivity index is 1.37. The highest BCUT2D eigenvalue weighted by atomic mass is 16.5. The molecule has 0 aromatic heterocycles. The molecular weight excluding hydrogens is 358 g/mol. The lowest BCUT2D eigenvalue weighted by Crippen LogP contribution is -2.47. The molecule has 2 aromatic carbocycles. The first kappa shape index (κ1) is 19.6. The number of nitrogens with zero attached hydrogens (tertiary/aromatic N) is 3. The first-order valence-electron chi connectivity index (χ1n) is 10.2. The predicted molar refractivity (Wildman–Crippen MR) is 117 cm³/mol. The van der Waals surface area contributed by atoms with Gasteiger partial charge in [-0.2, -0.15) is 0 Å². The molecule has 29 heavy (non-hydrogen) atoms. The lowest BCUT2D eigenvalue weighted by Gasteiger charge is -2.42. The zero-order valence-electron chi connectivity index (χ0n) is 17.4. The molecule has 0 spiro atoms. The fourth-order valence-electron chi connectivity index (χ4n) is 4.23. The molecule has 4 heteroatoms. The van der Waals surface area contributed by atoms with Gasteiger partial charge < -0.3 is 9.64 Å². The van der Waals surface area contributed by atoms with Crippen molar-refractivity contribution in [2.75, 3.05) is 47.0 Å². The molecule has 0 saturated heterocycles. The van der Waals surface area contributed by atoms with Crippen molar-refractivity contribution in [2.45, 2.75) is 13.0 Å². The molecule has 2 aliphatic heterocycles. The van der Waals surface area contributed by atoms with Crippen molar-refractivity contribution >= 4 is 0 Å². The second-order valence-corrected chi connectivity index (χ2v) is 7.86. The summed E-state index contributed by atoms with van der Waals surface area (Å²) in [4.78, 5) is 7.42. The van der Waals surface area contributed by atoms with Crippen LogP contribution in [0.25, 0.3) is 0 Å². The summed E-state index contributed by atoms with van der Waals surface area (Å²) >= 11 is 0. The van der Waals surface area contributed by atoms with Gasteiger partial charge in [0, 0.05) is 50.9 Å². The van der Waals surface area contributed by atoms with Crippen molar-refractivity contribution in [1.29, 1.82) is 0 Å². The van der Waals surface area contributed by atoms with Gasteiger partial charge in [-0.3, -0.25) is 9.80 Å². The highest BCUT2D eigenvalue weighted by Crippen LogP contribution is 2.26. The molecule has 0 saturated carbocycles. The molecule has 4 rings (SSSR count). The van der Waals surface area contributed by atoms with E-state index in [-0.39, 0.29) is 0 Å². The maximum Gasteiger partial charge on any atom is 0.120 e. The van der Waals surface area contributed by atoms with E-state index in [2.05, 4.69) is 63.9 Å². The second-order valence-electron chi connectivity index (χ2n) is 7.86. The lowest BCUT2D eigenvalue weighted by molar-refractivity contribution is 0.137. The first-order chi connectivity index (χ1) is 14.2. The van der Waals surface area contributed by atoms with E-state index in [4.69, 9.17) is 4.74 Å². The van der Waals surface area contributed by atoms with Crippen LogP contribution >= 0.6 is 0 Å².